The van der Waals surface area contributed by atoms with Crippen molar-refractivity contribution in [3.05, 3.63) is 47.0 Å². The molecular formula is C12H7N3S. The number of hydrogen-bond donors (Lipinski definition) is 1. The first kappa shape index (κ1) is 10.2. The number of benzene rings is 1. The number of aromatic amines is 1. The van der Waals surface area contributed by atoms with Gasteiger partial charge in [0.1, 0.15) is 0 Å². The number of nitriles is 1. The van der Waals surface area contributed by atoms with Crippen LogP contribution in [-0.2, 0) is 0 Å². The van der Waals surface area contributed by atoms with Gasteiger partial charge in [-0.1, -0.05) is 5.92 Å². The second-order valence-corrected chi connectivity index (χ2v) is 3.43. The van der Waals surface area contributed by atoms with Gasteiger partial charge in [0.15, 0.2) is 10.8 Å². The fourth-order valence-electron chi connectivity index (χ4n) is 1.33. The maximum atomic E-state index is 8.32. The molecule has 0 bridgehead atoms. The Kier molecular flexibility index (Phi) is 2.86. The van der Waals surface area contributed by atoms with Crippen LogP contribution in [0.2, 0.25) is 0 Å². The van der Waals surface area contributed by atoms with Crippen molar-refractivity contribution in [3.63, 3.8) is 0 Å². The summed E-state index contributed by atoms with van der Waals surface area (Å²) in [6, 6.07) is 9.31. The minimum atomic E-state index is 0.649. The van der Waals surface area contributed by atoms with E-state index in [-0.39, 0.29) is 0 Å². The molecule has 3 nitrogen and oxygen atoms in total. The van der Waals surface area contributed by atoms with Gasteiger partial charge >= 0.3 is 0 Å². The topological polar surface area (TPSA) is 44.5 Å². The summed E-state index contributed by atoms with van der Waals surface area (Å²) in [7, 11) is 0. The van der Waals surface area contributed by atoms with E-state index in [9.17, 15) is 0 Å². The highest BCUT2D eigenvalue weighted by atomic mass is 32.1. The molecule has 1 N–H and O–H groups in total. The predicted molar refractivity (Wildman–Crippen MR) is 63.4 cm³/mol. The molecule has 0 radical (unpaired) electrons. The molecule has 0 saturated heterocycles. The van der Waals surface area contributed by atoms with Crippen LogP contribution in [0.15, 0.2) is 36.7 Å². The van der Waals surface area contributed by atoms with Crippen LogP contribution in [0.5, 0.6) is 0 Å². The van der Waals surface area contributed by atoms with Crippen LogP contribution >= 0.6 is 12.2 Å². The van der Waals surface area contributed by atoms with Crippen LogP contribution in [0.25, 0.3) is 5.69 Å². The molecule has 0 aliphatic rings. The molecule has 0 unspecified atom stereocenters. The number of nitrogens with zero attached hydrogens (tertiary/aromatic N) is 2. The molecule has 0 saturated carbocycles. The van der Waals surface area contributed by atoms with Crippen LogP contribution in [0, 0.1) is 27.9 Å². The summed E-state index contributed by atoms with van der Waals surface area (Å²) in [5.41, 5.74) is 1.78. The van der Waals surface area contributed by atoms with E-state index in [0.717, 1.165) is 11.3 Å². The Hall–Kier alpha value is -2.30. The van der Waals surface area contributed by atoms with Crippen LogP contribution in [0.4, 0.5) is 0 Å². The summed E-state index contributed by atoms with van der Waals surface area (Å²) in [4.78, 5) is 2.92. The maximum Gasteiger partial charge on any atom is 0.181 e. The normalized spacial score (nSPS) is 8.94. The van der Waals surface area contributed by atoms with Gasteiger partial charge in [0.2, 0.25) is 0 Å². The highest BCUT2D eigenvalue weighted by molar-refractivity contribution is 7.71. The molecule has 16 heavy (non-hydrogen) atoms. The molecule has 0 spiro atoms. The van der Waals surface area contributed by atoms with Crippen LogP contribution in [0.1, 0.15) is 5.56 Å². The van der Waals surface area contributed by atoms with Gasteiger partial charge in [-0.25, -0.2) is 0 Å². The highest BCUT2D eigenvalue weighted by Gasteiger charge is 1.96. The lowest BCUT2D eigenvalue weighted by molar-refractivity contribution is 1.03. The van der Waals surface area contributed by atoms with Gasteiger partial charge in [-0.15, -0.1) is 0 Å². The van der Waals surface area contributed by atoms with Crippen molar-refractivity contribution in [2.45, 2.75) is 0 Å². The third kappa shape index (κ3) is 2.03. The van der Waals surface area contributed by atoms with Crippen molar-refractivity contribution in [2.24, 2.45) is 0 Å². The minimum absolute atomic E-state index is 0.649. The second kappa shape index (κ2) is 4.48. The number of imidazole rings is 1. The summed E-state index contributed by atoms with van der Waals surface area (Å²) in [6.07, 6.45) is 3.64. The first-order valence-electron chi connectivity index (χ1n) is 4.58. The molecule has 76 valence electrons. The molecule has 4 heteroatoms. The van der Waals surface area contributed by atoms with Crippen LogP contribution < -0.4 is 0 Å². The van der Waals surface area contributed by atoms with Gasteiger partial charge in [0, 0.05) is 29.6 Å². The van der Waals surface area contributed by atoms with Crippen LogP contribution in [0.3, 0.4) is 0 Å². The largest absolute Gasteiger partial charge is 0.337 e. The average molecular weight is 225 g/mol. The average Bonchev–Trinajstić information content (AvgIpc) is 2.74. The summed E-state index contributed by atoms with van der Waals surface area (Å²) in [5, 5.41) is 8.32. The predicted octanol–water partition coefficient (Wildman–Crippen LogP) is 2.41. The van der Waals surface area contributed by atoms with Gasteiger partial charge in [-0.2, -0.15) is 5.26 Å². The van der Waals surface area contributed by atoms with Gasteiger partial charge in [0.05, 0.1) is 0 Å². The summed E-state index contributed by atoms with van der Waals surface area (Å²) < 4.78 is 2.51. The third-order valence-electron chi connectivity index (χ3n) is 2.06. The smallest absolute Gasteiger partial charge is 0.181 e. The fraction of sp³-hybridized carbons (Fsp3) is 0. The van der Waals surface area contributed by atoms with E-state index in [0.29, 0.717) is 4.77 Å². The molecule has 0 atom stereocenters. The molecule has 0 fully saturated rings. The number of nitrogens with one attached hydrogen (secondary N) is 1. The number of aromatic nitrogens is 2. The monoisotopic (exact) mass is 225 g/mol. The zero-order valence-electron chi connectivity index (χ0n) is 8.27. The van der Waals surface area contributed by atoms with Crippen molar-refractivity contribution >= 4 is 12.2 Å². The minimum Gasteiger partial charge on any atom is -0.337 e. The lowest BCUT2D eigenvalue weighted by atomic mass is 10.2. The number of H-pyrrole nitrogens is 1. The van der Waals surface area contributed by atoms with E-state index >= 15 is 0 Å². The Balaban J connectivity index is 2.38. The quantitative estimate of drug-likeness (QED) is 0.598. The van der Waals surface area contributed by atoms with E-state index in [2.05, 4.69) is 16.8 Å². The number of hydrogen-bond acceptors (Lipinski definition) is 2. The third-order valence-corrected chi connectivity index (χ3v) is 2.37. The van der Waals surface area contributed by atoms with Crippen molar-refractivity contribution in [3.8, 4) is 23.6 Å². The molecule has 1 heterocycles. The first-order chi connectivity index (χ1) is 7.81. The van der Waals surface area contributed by atoms with Crippen LogP contribution in [-0.4, -0.2) is 9.55 Å². The molecule has 2 aromatic rings. The van der Waals surface area contributed by atoms with E-state index in [4.69, 9.17) is 17.5 Å². The van der Waals surface area contributed by atoms with Gasteiger partial charge < -0.3 is 4.98 Å². The molecule has 0 amide bonds. The summed E-state index contributed by atoms with van der Waals surface area (Å²) in [5.74, 6) is 5.08. The summed E-state index contributed by atoms with van der Waals surface area (Å²) in [6.45, 7) is 0. The van der Waals surface area contributed by atoms with Crippen molar-refractivity contribution in [1.82, 2.24) is 9.55 Å². The van der Waals surface area contributed by atoms with Crippen molar-refractivity contribution in [1.29, 1.82) is 5.26 Å². The SMILES string of the molecule is N#CC#Cc1ccc(-n2cc[nH]c2=S)cc1. The van der Waals surface area contributed by atoms with E-state index < -0.39 is 0 Å². The molecule has 1 aromatic carbocycles. The summed E-state index contributed by atoms with van der Waals surface area (Å²) >= 11 is 5.11. The Bertz CT molecular complexity index is 644. The lowest BCUT2D eigenvalue weighted by Crippen LogP contribution is -1.91. The Labute approximate surface area is 98.0 Å². The van der Waals surface area contributed by atoms with Gasteiger partial charge in [-0.05, 0) is 36.5 Å². The van der Waals surface area contributed by atoms with E-state index in [1.165, 1.54) is 0 Å². The molecular weight excluding hydrogens is 218 g/mol. The highest BCUT2D eigenvalue weighted by Crippen LogP contribution is 2.09. The first-order valence-corrected chi connectivity index (χ1v) is 4.98. The van der Waals surface area contributed by atoms with Gasteiger partial charge in [0.25, 0.3) is 0 Å². The Morgan fingerprint density at radius 3 is 2.56 bits per heavy atom. The zero-order chi connectivity index (χ0) is 11.4. The molecule has 0 aliphatic carbocycles. The molecule has 0 aliphatic heterocycles. The second-order valence-electron chi connectivity index (χ2n) is 3.04. The molecule has 2 rings (SSSR count). The Morgan fingerprint density at radius 2 is 2.00 bits per heavy atom. The maximum absolute atomic E-state index is 8.32. The van der Waals surface area contributed by atoms with E-state index in [1.807, 2.05) is 35.0 Å². The molecule has 1 aromatic heterocycles. The van der Waals surface area contributed by atoms with Crippen molar-refractivity contribution in [2.75, 3.05) is 0 Å². The van der Waals surface area contributed by atoms with Gasteiger partial charge in [-0.3, -0.25) is 4.57 Å². The number of rotatable bonds is 1. The Morgan fingerprint density at radius 1 is 1.25 bits per heavy atom. The zero-order valence-corrected chi connectivity index (χ0v) is 9.08. The van der Waals surface area contributed by atoms with Crippen molar-refractivity contribution < 1.29 is 0 Å². The fourth-order valence-corrected chi connectivity index (χ4v) is 1.56. The standard InChI is InChI=1S/C12H7N3S/c13-7-1-2-10-3-5-11(6-4-10)15-9-8-14-12(15)16/h3-6,8-9H,(H,14,16). The van der Waals surface area contributed by atoms with E-state index in [1.54, 1.807) is 12.3 Å². The lowest BCUT2D eigenvalue weighted by Gasteiger charge is -2.01.